The Morgan fingerprint density at radius 3 is 2.81 bits per heavy atom. The second-order valence-corrected chi connectivity index (χ2v) is 3.54. The maximum Gasteiger partial charge on any atom is 0.165 e. The van der Waals surface area contributed by atoms with Crippen LogP contribution >= 0.6 is 11.6 Å². The first-order chi connectivity index (χ1) is 7.72. The first kappa shape index (κ1) is 12.6. The van der Waals surface area contributed by atoms with Gasteiger partial charge in [-0.1, -0.05) is 12.2 Å². The van der Waals surface area contributed by atoms with Crippen molar-refractivity contribution in [1.29, 1.82) is 0 Å². The topological polar surface area (TPSA) is 46.5 Å². The van der Waals surface area contributed by atoms with Crippen molar-refractivity contribution in [3.8, 4) is 11.5 Å². The Kier molecular flexibility index (Phi) is 4.86. The second kappa shape index (κ2) is 6.18. The summed E-state index contributed by atoms with van der Waals surface area (Å²) in [6.07, 6.45) is 4.96. The Morgan fingerprint density at radius 2 is 2.25 bits per heavy atom. The normalized spacial score (nSPS) is 10.6. The number of benzene rings is 1. The minimum Gasteiger partial charge on any atom is -0.504 e. The lowest BCUT2D eigenvalue weighted by Gasteiger charge is -2.07. The first-order valence-corrected chi connectivity index (χ1v) is 5.35. The maximum absolute atomic E-state index is 10.7. The molecule has 0 bridgehead atoms. The fourth-order valence-corrected chi connectivity index (χ4v) is 1.40. The average molecular weight is 241 g/mol. The van der Waals surface area contributed by atoms with Gasteiger partial charge in [0.2, 0.25) is 0 Å². The van der Waals surface area contributed by atoms with Crippen molar-refractivity contribution >= 4 is 24.0 Å². The van der Waals surface area contributed by atoms with Crippen molar-refractivity contribution in [3.63, 3.8) is 0 Å². The Bertz CT molecular complexity index is 399. The highest BCUT2D eigenvalue weighted by atomic mass is 35.5. The lowest BCUT2D eigenvalue weighted by atomic mass is 10.1. The van der Waals surface area contributed by atoms with Crippen LogP contribution < -0.4 is 4.74 Å². The molecule has 1 aromatic rings. The molecule has 0 aliphatic rings. The number of carbonyl (C=O) groups is 1. The van der Waals surface area contributed by atoms with E-state index in [4.69, 9.17) is 16.3 Å². The van der Waals surface area contributed by atoms with Gasteiger partial charge in [0, 0.05) is 17.0 Å². The number of halogens is 1. The number of allylic oxidation sites excluding steroid dienone is 1. The molecule has 0 amide bonds. The number of hydrogen-bond donors (Lipinski definition) is 1. The van der Waals surface area contributed by atoms with E-state index in [9.17, 15) is 9.90 Å². The van der Waals surface area contributed by atoms with E-state index in [0.29, 0.717) is 29.7 Å². The van der Waals surface area contributed by atoms with Crippen LogP contribution in [0.25, 0.3) is 6.08 Å². The SMILES string of the molecule is COc1cc(C=O)cc(C=CCCCl)c1O. The molecule has 16 heavy (non-hydrogen) atoms. The molecule has 1 rings (SSSR count). The van der Waals surface area contributed by atoms with Gasteiger partial charge in [-0.15, -0.1) is 11.6 Å². The van der Waals surface area contributed by atoms with Crippen LogP contribution in [0.3, 0.4) is 0 Å². The molecule has 1 N–H and O–H groups in total. The minimum absolute atomic E-state index is 0.0268. The summed E-state index contributed by atoms with van der Waals surface area (Å²) in [6.45, 7) is 0. The summed E-state index contributed by atoms with van der Waals surface area (Å²) in [5.41, 5.74) is 1.01. The average Bonchev–Trinajstić information content (AvgIpc) is 2.31. The highest BCUT2D eigenvalue weighted by Crippen LogP contribution is 2.31. The van der Waals surface area contributed by atoms with Crippen LogP contribution in [0.1, 0.15) is 22.3 Å². The van der Waals surface area contributed by atoms with Gasteiger partial charge in [-0.3, -0.25) is 4.79 Å². The van der Waals surface area contributed by atoms with Gasteiger partial charge in [-0.2, -0.15) is 0 Å². The molecular weight excluding hydrogens is 228 g/mol. The van der Waals surface area contributed by atoms with Crippen LogP contribution in [-0.2, 0) is 0 Å². The van der Waals surface area contributed by atoms with Gasteiger partial charge >= 0.3 is 0 Å². The quantitative estimate of drug-likeness (QED) is 0.636. The molecule has 1 aromatic carbocycles. The Labute approximate surface area is 99.3 Å². The summed E-state index contributed by atoms with van der Waals surface area (Å²) in [5, 5.41) is 9.78. The third kappa shape index (κ3) is 3.00. The summed E-state index contributed by atoms with van der Waals surface area (Å²) in [4.78, 5) is 10.7. The lowest BCUT2D eigenvalue weighted by molar-refractivity contribution is 0.112. The second-order valence-electron chi connectivity index (χ2n) is 3.16. The molecule has 0 aromatic heterocycles. The number of aromatic hydroxyl groups is 1. The number of methoxy groups -OCH3 is 1. The molecule has 0 atom stereocenters. The van der Waals surface area contributed by atoms with E-state index in [1.165, 1.54) is 13.2 Å². The van der Waals surface area contributed by atoms with Crippen LogP contribution in [0.15, 0.2) is 18.2 Å². The van der Waals surface area contributed by atoms with Gasteiger partial charge in [0.15, 0.2) is 11.5 Å². The van der Waals surface area contributed by atoms with E-state index in [0.717, 1.165) is 0 Å². The van der Waals surface area contributed by atoms with Crippen LogP contribution in [-0.4, -0.2) is 24.4 Å². The van der Waals surface area contributed by atoms with E-state index in [-0.39, 0.29) is 11.5 Å². The molecular formula is C12H13ClO3. The fourth-order valence-electron chi connectivity index (χ4n) is 1.28. The number of alkyl halides is 1. The number of phenolic OH excluding ortho intramolecular Hbond substituents is 1. The summed E-state index contributed by atoms with van der Waals surface area (Å²) in [5.74, 6) is 0.830. The van der Waals surface area contributed by atoms with Gasteiger partial charge in [0.25, 0.3) is 0 Å². The molecule has 0 aliphatic carbocycles. The zero-order valence-corrected chi connectivity index (χ0v) is 9.70. The number of rotatable bonds is 5. The summed E-state index contributed by atoms with van der Waals surface area (Å²) in [7, 11) is 1.44. The van der Waals surface area contributed by atoms with Crippen molar-refractivity contribution in [2.75, 3.05) is 13.0 Å². The third-order valence-corrected chi connectivity index (χ3v) is 2.27. The van der Waals surface area contributed by atoms with Gasteiger partial charge < -0.3 is 9.84 Å². The molecule has 86 valence electrons. The predicted octanol–water partition coefficient (Wildman–Crippen LogP) is 2.86. The van der Waals surface area contributed by atoms with E-state index in [1.54, 1.807) is 12.1 Å². The molecule has 0 saturated heterocycles. The molecule has 0 unspecified atom stereocenters. The van der Waals surface area contributed by atoms with Gasteiger partial charge in [-0.25, -0.2) is 0 Å². The molecule has 0 fully saturated rings. The Balaban J connectivity index is 3.10. The molecule has 0 spiro atoms. The van der Waals surface area contributed by atoms with Crippen molar-refractivity contribution < 1.29 is 14.6 Å². The van der Waals surface area contributed by atoms with Crippen LogP contribution in [0.2, 0.25) is 0 Å². The zero-order valence-electron chi connectivity index (χ0n) is 8.94. The van der Waals surface area contributed by atoms with Crippen molar-refractivity contribution in [2.45, 2.75) is 6.42 Å². The van der Waals surface area contributed by atoms with E-state index in [2.05, 4.69) is 0 Å². The predicted molar refractivity (Wildman–Crippen MR) is 64.4 cm³/mol. The Morgan fingerprint density at radius 1 is 1.50 bits per heavy atom. The minimum atomic E-state index is 0.0268. The number of carbonyl (C=O) groups excluding carboxylic acids is 1. The summed E-state index contributed by atoms with van der Waals surface area (Å²) in [6, 6.07) is 3.08. The third-order valence-electron chi connectivity index (χ3n) is 2.06. The van der Waals surface area contributed by atoms with Crippen molar-refractivity contribution in [3.05, 3.63) is 29.3 Å². The summed E-state index contributed by atoms with van der Waals surface area (Å²) < 4.78 is 4.97. The fraction of sp³-hybridized carbons (Fsp3) is 0.250. The number of aldehydes is 1. The smallest absolute Gasteiger partial charge is 0.165 e. The summed E-state index contributed by atoms with van der Waals surface area (Å²) >= 11 is 5.53. The van der Waals surface area contributed by atoms with Crippen molar-refractivity contribution in [2.24, 2.45) is 0 Å². The standard InChI is InChI=1S/C12H13ClO3/c1-16-11-7-9(8-14)6-10(12(11)15)4-2-3-5-13/h2,4,6-8,15H,3,5H2,1H3. The van der Waals surface area contributed by atoms with Gasteiger partial charge in [-0.05, 0) is 18.6 Å². The highest BCUT2D eigenvalue weighted by molar-refractivity contribution is 6.17. The van der Waals surface area contributed by atoms with E-state index >= 15 is 0 Å². The van der Waals surface area contributed by atoms with Crippen LogP contribution in [0.4, 0.5) is 0 Å². The van der Waals surface area contributed by atoms with Crippen LogP contribution in [0, 0.1) is 0 Å². The van der Waals surface area contributed by atoms with Gasteiger partial charge in [0.05, 0.1) is 7.11 Å². The molecule has 0 radical (unpaired) electrons. The Hall–Kier alpha value is -1.48. The lowest BCUT2D eigenvalue weighted by Crippen LogP contribution is -1.89. The van der Waals surface area contributed by atoms with E-state index in [1.807, 2.05) is 6.08 Å². The maximum atomic E-state index is 10.7. The van der Waals surface area contributed by atoms with Crippen molar-refractivity contribution in [1.82, 2.24) is 0 Å². The van der Waals surface area contributed by atoms with Gasteiger partial charge in [0.1, 0.15) is 6.29 Å². The number of phenols is 1. The van der Waals surface area contributed by atoms with E-state index < -0.39 is 0 Å². The van der Waals surface area contributed by atoms with Crippen LogP contribution in [0.5, 0.6) is 11.5 Å². The molecule has 0 heterocycles. The monoisotopic (exact) mass is 240 g/mol. The largest absolute Gasteiger partial charge is 0.504 e. The molecule has 0 aliphatic heterocycles. The highest BCUT2D eigenvalue weighted by Gasteiger charge is 2.07. The number of hydrogen-bond acceptors (Lipinski definition) is 3. The number of ether oxygens (including phenoxy) is 1. The zero-order chi connectivity index (χ0) is 12.0. The molecule has 0 saturated carbocycles. The molecule has 4 heteroatoms. The first-order valence-electron chi connectivity index (χ1n) is 4.81. The molecule has 3 nitrogen and oxygen atoms in total.